The molecule has 0 atom stereocenters. The van der Waals surface area contributed by atoms with Gasteiger partial charge in [-0.2, -0.15) is 11.8 Å². The van der Waals surface area contributed by atoms with E-state index in [0.29, 0.717) is 18.6 Å². The summed E-state index contributed by atoms with van der Waals surface area (Å²) in [6.45, 7) is 4.72. The second-order valence-electron chi connectivity index (χ2n) is 5.94. The molecule has 0 radical (unpaired) electrons. The predicted molar refractivity (Wildman–Crippen MR) is 84.5 cm³/mol. The molecule has 1 aromatic rings. The SMILES string of the molecule is COCCn1c(CN2CCSCC2)nnc1C1CC(N)C1. The highest BCUT2D eigenvalue weighted by atomic mass is 32.2. The maximum Gasteiger partial charge on any atom is 0.147 e. The summed E-state index contributed by atoms with van der Waals surface area (Å²) >= 11 is 2.03. The molecule has 6 nitrogen and oxygen atoms in total. The molecule has 2 aliphatic rings. The summed E-state index contributed by atoms with van der Waals surface area (Å²) in [6, 6.07) is 0.338. The van der Waals surface area contributed by atoms with E-state index < -0.39 is 0 Å². The average molecular weight is 311 g/mol. The van der Waals surface area contributed by atoms with Crippen LogP contribution in [0.1, 0.15) is 30.4 Å². The minimum absolute atomic E-state index is 0.338. The van der Waals surface area contributed by atoms with Crippen LogP contribution in [0, 0.1) is 0 Å². The number of rotatable bonds is 6. The Morgan fingerprint density at radius 1 is 1.29 bits per heavy atom. The van der Waals surface area contributed by atoms with Gasteiger partial charge in [0.1, 0.15) is 11.6 Å². The maximum atomic E-state index is 5.92. The number of hydrogen-bond donors (Lipinski definition) is 1. The standard InChI is InChI=1S/C14H25N5OS/c1-20-5-2-19-13(10-18-3-6-21-7-4-18)16-17-14(19)11-8-12(15)9-11/h11-12H,2-10,15H2,1H3. The van der Waals surface area contributed by atoms with E-state index >= 15 is 0 Å². The first-order valence-corrected chi connectivity index (χ1v) is 8.90. The predicted octanol–water partition coefficient (Wildman–Crippen LogP) is 0.678. The summed E-state index contributed by atoms with van der Waals surface area (Å²) in [4.78, 5) is 2.47. The number of methoxy groups -OCH3 is 1. The first-order valence-electron chi connectivity index (χ1n) is 7.74. The van der Waals surface area contributed by atoms with E-state index in [1.165, 1.54) is 11.5 Å². The van der Waals surface area contributed by atoms with Crippen LogP contribution in [0.25, 0.3) is 0 Å². The Labute approximate surface area is 130 Å². The number of nitrogens with zero attached hydrogens (tertiary/aromatic N) is 4. The Morgan fingerprint density at radius 3 is 2.71 bits per heavy atom. The van der Waals surface area contributed by atoms with Crippen LogP contribution in [-0.2, 0) is 17.8 Å². The molecule has 118 valence electrons. The van der Waals surface area contributed by atoms with Crippen molar-refractivity contribution in [1.29, 1.82) is 0 Å². The second-order valence-corrected chi connectivity index (χ2v) is 7.16. The molecule has 1 aromatic heterocycles. The lowest BCUT2D eigenvalue weighted by molar-refractivity contribution is 0.181. The summed E-state index contributed by atoms with van der Waals surface area (Å²) in [5.74, 6) is 5.10. The smallest absolute Gasteiger partial charge is 0.147 e. The molecule has 2 heterocycles. The molecule has 2 fully saturated rings. The van der Waals surface area contributed by atoms with Crippen molar-refractivity contribution in [2.45, 2.75) is 37.9 Å². The van der Waals surface area contributed by atoms with Gasteiger partial charge in [-0.3, -0.25) is 4.90 Å². The van der Waals surface area contributed by atoms with Gasteiger partial charge in [0, 0.05) is 50.2 Å². The van der Waals surface area contributed by atoms with Crippen molar-refractivity contribution in [1.82, 2.24) is 19.7 Å². The van der Waals surface area contributed by atoms with Gasteiger partial charge < -0.3 is 15.0 Å². The molecule has 1 aliphatic carbocycles. The van der Waals surface area contributed by atoms with Crippen molar-refractivity contribution in [2.75, 3.05) is 38.3 Å². The van der Waals surface area contributed by atoms with Crippen LogP contribution in [0.3, 0.4) is 0 Å². The second kappa shape index (κ2) is 7.09. The molecule has 3 rings (SSSR count). The molecular formula is C14H25N5OS. The molecule has 1 saturated heterocycles. The Hall–Kier alpha value is -0.630. The van der Waals surface area contributed by atoms with Crippen LogP contribution >= 0.6 is 11.8 Å². The molecule has 1 aliphatic heterocycles. The highest BCUT2D eigenvalue weighted by Gasteiger charge is 2.32. The van der Waals surface area contributed by atoms with Gasteiger partial charge in [0.15, 0.2) is 0 Å². The monoisotopic (exact) mass is 311 g/mol. The molecule has 0 spiro atoms. The molecule has 0 unspecified atom stereocenters. The lowest BCUT2D eigenvalue weighted by Gasteiger charge is -2.32. The van der Waals surface area contributed by atoms with Crippen molar-refractivity contribution >= 4 is 11.8 Å². The zero-order valence-electron chi connectivity index (χ0n) is 12.7. The minimum Gasteiger partial charge on any atom is -0.383 e. The molecule has 0 bridgehead atoms. The normalized spacial score (nSPS) is 26.8. The van der Waals surface area contributed by atoms with Gasteiger partial charge in [0.05, 0.1) is 13.2 Å². The van der Waals surface area contributed by atoms with Gasteiger partial charge in [-0.1, -0.05) is 0 Å². The highest BCUT2D eigenvalue weighted by molar-refractivity contribution is 7.99. The van der Waals surface area contributed by atoms with E-state index in [9.17, 15) is 0 Å². The Morgan fingerprint density at radius 2 is 2.05 bits per heavy atom. The Kier molecular flexibility index (Phi) is 5.15. The first kappa shape index (κ1) is 15.3. The third-order valence-electron chi connectivity index (χ3n) is 4.38. The third-order valence-corrected chi connectivity index (χ3v) is 5.33. The summed E-state index contributed by atoms with van der Waals surface area (Å²) in [7, 11) is 1.74. The van der Waals surface area contributed by atoms with Gasteiger partial charge in [0.25, 0.3) is 0 Å². The summed E-state index contributed by atoms with van der Waals surface area (Å²) < 4.78 is 7.52. The fourth-order valence-electron chi connectivity index (χ4n) is 3.03. The molecular weight excluding hydrogens is 286 g/mol. The Bertz CT molecular complexity index is 454. The van der Waals surface area contributed by atoms with Gasteiger partial charge in [0.2, 0.25) is 0 Å². The van der Waals surface area contributed by atoms with Crippen molar-refractivity contribution < 1.29 is 4.74 Å². The summed E-state index contributed by atoms with van der Waals surface area (Å²) in [5.41, 5.74) is 5.92. The van der Waals surface area contributed by atoms with Crippen LogP contribution in [0.5, 0.6) is 0 Å². The topological polar surface area (TPSA) is 69.2 Å². The van der Waals surface area contributed by atoms with Gasteiger partial charge >= 0.3 is 0 Å². The minimum atomic E-state index is 0.338. The number of nitrogens with two attached hydrogens (primary N) is 1. The molecule has 21 heavy (non-hydrogen) atoms. The quantitative estimate of drug-likeness (QED) is 0.833. The van der Waals surface area contributed by atoms with Crippen molar-refractivity contribution in [3.63, 3.8) is 0 Å². The van der Waals surface area contributed by atoms with Crippen LogP contribution in [0.2, 0.25) is 0 Å². The highest BCUT2D eigenvalue weighted by Crippen LogP contribution is 2.35. The summed E-state index contributed by atoms with van der Waals surface area (Å²) in [6.07, 6.45) is 2.07. The molecule has 1 saturated carbocycles. The molecule has 7 heteroatoms. The summed E-state index contributed by atoms with van der Waals surface area (Å²) in [5, 5.41) is 8.92. The van der Waals surface area contributed by atoms with Gasteiger partial charge in [-0.05, 0) is 12.8 Å². The number of thioether (sulfide) groups is 1. The molecule has 2 N–H and O–H groups in total. The lowest BCUT2D eigenvalue weighted by Crippen LogP contribution is -2.37. The number of hydrogen-bond acceptors (Lipinski definition) is 6. The average Bonchev–Trinajstić information content (AvgIpc) is 2.85. The third kappa shape index (κ3) is 3.59. The van der Waals surface area contributed by atoms with E-state index in [1.54, 1.807) is 7.11 Å². The molecule has 0 amide bonds. The van der Waals surface area contributed by atoms with E-state index in [1.807, 2.05) is 11.8 Å². The number of ether oxygens (including phenoxy) is 1. The molecule has 0 aromatic carbocycles. The number of aromatic nitrogens is 3. The first-order chi connectivity index (χ1) is 10.3. The van der Waals surface area contributed by atoms with Crippen LogP contribution in [-0.4, -0.2) is 64.0 Å². The van der Waals surface area contributed by atoms with Crippen molar-refractivity contribution in [3.8, 4) is 0 Å². The largest absolute Gasteiger partial charge is 0.383 e. The van der Waals surface area contributed by atoms with Crippen molar-refractivity contribution in [3.05, 3.63) is 11.6 Å². The van der Waals surface area contributed by atoms with E-state index in [4.69, 9.17) is 10.5 Å². The Balaban J connectivity index is 1.71. The maximum absolute atomic E-state index is 5.92. The zero-order chi connectivity index (χ0) is 14.7. The fourth-order valence-corrected chi connectivity index (χ4v) is 4.01. The van der Waals surface area contributed by atoms with Gasteiger partial charge in [-0.15, -0.1) is 10.2 Å². The fraction of sp³-hybridized carbons (Fsp3) is 0.857. The van der Waals surface area contributed by atoms with E-state index in [0.717, 1.165) is 50.7 Å². The lowest BCUT2D eigenvalue weighted by atomic mass is 9.80. The van der Waals surface area contributed by atoms with Crippen molar-refractivity contribution in [2.24, 2.45) is 5.73 Å². The van der Waals surface area contributed by atoms with Crippen LogP contribution in [0.4, 0.5) is 0 Å². The van der Waals surface area contributed by atoms with Crippen LogP contribution < -0.4 is 5.73 Å². The zero-order valence-corrected chi connectivity index (χ0v) is 13.5. The van der Waals surface area contributed by atoms with Crippen LogP contribution in [0.15, 0.2) is 0 Å². The van der Waals surface area contributed by atoms with E-state index in [2.05, 4.69) is 19.7 Å². The van der Waals surface area contributed by atoms with E-state index in [-0.39, 0.29) is 0 Å². The van der Waals surface area contributed by atoms with Gasteiger partial charge in [-0.25, -0.2) is 0 Å².